The van der Waals surface area contributed by atoms with E-state index in [1.807, 2.05) is 0 Å². The summed E-state index contributed by atoms with van der Waals surface area (Å²) >= 11 is 8.79. The predicted molar refractivity (Wildman–Crippen MR) is 51.4 cm³/mol. The van der Waals surface area contributed by atoms with Crippen LogP contribution in [0.2, 0.25) is 5.15 Å². The van der Waals surface area contributed by atoms with Crippen molar-refractivity contribution in [2.75, 3.05) is 5.73 Å². The molecule has 0 aliphatic heterocycles. The fourth-order valence-electron chi connectivity index (χ4n) is 0.762. The first kappa shape index (κ1) is 9.48. The van der Waals surface area contributed by atoms with Gasteiger partial charge in [-0.25, -0.2) is 4.98 Å². The first-order valence-electron chi connectivity index (χ1n) is 3.15. The van der Waals surface area contributed by atoms with Gasteiger partial charge in [0, 0.05) is 0 Å². The van der Waals surface area contributed by atoms with Crippen molar-refractivity contribution in [3.8, 4) is 0 Å². The minimum absolute atomic E-state index is 0.127. The second kappa shape index (κ2) is 3.41. The SMILES string of the molecule is CC(=O)c1cc(Br)c(Cl)nc1N. The highest BCUT2D eigenvalue weighted by Crippen LogP contribution is 2.24. The molecule has 64 valence electrons. The molecule has 1 rings (SSSR count). The molecule has 0 aliphatic rings. The Balaban J connectivity index is 3.33. The predicted octanol–water partition coefficient (Wildman–Crippen LogP) is 2.28. The molecule has 12 heavy (non-hydrogen) atoms. The Bertz CT molecular complexity index is 340. The lowest BCUT2D eigenvalue weighted by atomic mass is 10.2. The molecule has 3 nitrogen and oxygen atoms in total. The highest BCUT2D eigenvalue weighted by Gasteiger charge is 2.09. The van der Waals surface area contributed by atoms with Crippen LogP contribution < -0.4 is 5.73 Å². The van der Waals surface area contributed by atoms with E-state index in [9.17, 15) is 4.79 Å². The number of nitrogens with two attached hydrogens (primary N) is 1. The Morgan fingerprint density at radius 3 is 2.83 bits per heavy atom. The molecule has 0 amide bonds. The Morgan fingerprint density at radius 1 is 1.75 bits per heavy atom. The van der Waals surface area contributed by atoms with Gasteiger partial charge < -0.3 is 5.73 Å². The lowest BCUT2D eigenvalue weighted by Gasteiger charge is -2.02. The van der Waals surface area contributed by atoms with E-state index in [0.29, 0.717) is 10.0 Å². The maximum atomic E-state index is 10.9. The maximum Gasteiger partial charge on any atom is 0.163 e. The largest absolute Gasteiger partial charge is 0.383 e. The summed E-state index contributed by atoms with van der Waals surface area (Å²) in [6.45, 7) is 1.42. The normalized spacial score (nSPS) is 9.92. The Hall–Kier alpha value is -0.610. The number of aromatic nitrogens is 1. The highest BCUT2D eigenvalue weighted by molar-refractivity contribution is 9.10. The first-order chi connectivity index (χ1) is 5.52. The van der Waals surface area contributed by atoms with Crippen LogP contribution in [0.4, 0.5) is 5.82 Å². The summed E-state index contributed by atoms with van der Waals surface area (Å²) in [5.74, 6) is 0.0352. The summed E-state index contributed by atoms with van der Waals surface area (Å²) in [5.41, 5.74) is 5.83. The third-order valence-electron chi connectivity index (χ3n) is 1.34. The molecule has 0 aromatic carbocycles. The topological polar surface area (TPSA) is 56.0 Å². The molecule has 1 aromatic rings. The van der Waals surface area contributed by atoms with E-state index in [2.05, 4.69) is 20.9 Å². The summed E-state index contributed by atoms with van der Waals surface area (Å²) in [6.07, 6.45) is 0. The van der Waals surface area contributed by atoms with Gasteiger partial charge in [0.05, 0.1) is 10.0 Å². The fourth-order valence-corrected chi connectivity index (χ4v) is 1.22. The molecule has 0 radical (unpaired) electrons. The number of carbonyl (C=O) groups is 1. The number of anilines is 1. The Labute approximate surface area is 83.1 Å². The molecule has 0 atom stereocenters. The van der Waals surface area contributed by atoms with Gasteiger partial charge in [0.2, 0.25) is 0 Å². The van der Waals surface area contributed by atoms with Crippen molar-refractivity contribution in [2.24, 2.45) is 0 Å². The van der Waals surface area contributed by atoms with Crippen molar-refractivity contribution in [2.45, 2.75) is 6.92 Å². The third-order valence-corrected chi connectivity index (χ3v) is 2.46. The Morgan fingerprint density at radius 2 is 2.33 bits per heavy atom. The smallest absolute Gasteiger partial charge is 0.163 e. The van der Waals surface area contributed by atoms with Crippen molar-refractivity contribution in [1.82, 2.24) is 4.98 Å². The molecule has 0 aliphatic carbocycles. The number of carbonyl (C=O) groups excluding carboxylic acids is 1. The van der Waals surface area contributed by atoms with Gasteiger partial charge in [-0.2, -0.15) is 0 Å². The van der Waals surface area contributed by atoms with Gasteiger partial charge in [-0.1, -0.05) is 11.6 Å². The molecule has 0 bridgehead atoms. The molecule has 2 N–H and O–H groups in total. The molecular formula is C7H6BrClN2O. The number of ketones is 1. The molecule has 0 fully saturated rings. The van der Waals surface area contributed by atoms with Crippen molar-refractivity contribution < 1.29 is 4.79 Å². The number of hydrogen-bond acceptors (Lipinski definition) is 3. The van der Waals surface area contributed by atoms with Crippen LogP contribution in [0.15, 0.2) is 10.5 Å². The van der Waals surface area contributed by atoms with E-state index in [-0.39, 0.29) is 16.8 Å². The van der Waals surface area contributed by atoms with Crippen LogP contribution in [0.5, 0.6) is 0 Å². The maximum absolute atomic E-state index is 10.9. The number of nitrogen functional groups attached to an aromatic ring is 1. The standard InChI is InChI=1S/C7H6BrClN2O/c1-3(12)4-2-5(8)6(9)11-7(4)10/h2H,1H3,(H2,10,11). The van der Waals surface area contributed by atoms with E-state index in [1.54, 1.807) is 6.07 Å². The van der Waals surface area contributed by atoms with Crippen molar-refractivity contribution >= 4 is 39.1 Å². The summed E-state index contributed by atoms with van der Waals surface area (Å²) < 4.78 is 0.573. The number of halogens is 2. The minimum Gasteiger partial charge on any atom is -0.383 e. The van der Waals surface area contributed by atoms with Gasteiger partial charge >= 0.3 is 0 Å². The van der Waals surface area contributed by atoms with E-state index < -0.39 is 0 Å². The molecule has 0 saturated heterocycles. The molecule has 0 unspecified atom stereocenters. The fraction of sp³-hybridized carbons (Fsp3) is 0.143. The summed E-state index contributed by atoms with van der Waals surface area (Å²) in [5, 5.41) is 0.262. The van der Waals surface area contributed by atoms with E-state index in [0.717, 1.165) is 0 Å². The number of Topliss-reactive ketones (excluding diaryl/α,β-unsaturated/α-hetero) is 1. The minimum atomic E-state index is -0.127. The third kappa shape index (κ3) is 1.76. The van der Waals surface area contributed by atoms with Gasteiger partial charge in [-0.05, 0) is 28.9 Å². The molecule has 1 heterocycles. The van der Waals surface area contributed by atoms with E-state index in [4.69, 9.17) is 17.3 Å². The molecular weight excluding hydrogens is 243 g/mol. The van der Waals surface area contributed by atoms with Crippen LogP contribution in [-0.2, 0) is 0 Å². The monoisotopic (exact) mass is 248 g/mol. The van der Waals surface area contributed by atoms with E-state index >= 15 is 0 Å². The van der Waals surface area contributed by atoms with E-state index in [1.165, 1.54) is 6.92 Å². The second-order valence-electron chi connectivity index (χ2n) is 2.25. The van der Waals surface area contributed by atoms with Crippen molar-refractivity contribution in [3.05, 3.63) is 21.3 Å². The highest BCUT2D eigenvalue weighted by atomic mass is 79.9. The lowest BCUT2D eigenvalue weighted by molar-refractivity contribution is 0.101. The van der Waals surface area contributed by atoms with Crippen LogP contribution >= 0.6 is 27.5 Å². The lowest BCUT2D eigenvalue weighted by Crippen LogP contribution is -2.02. The zero-order chi connectivity index (χ0) is 9.30. The summed E-state index contributed by atoms with van der Waals surface area (Å²) in [7, 11) is 0. The first-order valence-corrected chi connectivity index (χ1v) is 4.32. The average Bonchev–Trinajstić information content (AvgIpc) is 1.96. The quantitative estimate of drug-likeness (QED) is 0.614. The number of rotatable bonds is 1. The number of hydrogen-bond donors (Lipinski definition) is 1. The molecule has 0 spiro atoms. The van der Waals surface area contributed by atoms with Crippen molar-refractivity contribution in [3.63, 3.8) is 0 Å². The van der Waals surface area contributed by atoms with Crippen LogP contribution in [0, 0.1) is 0 Å². The average molecular weight is 249 g/mol. The van der Waals surface area contributed by atoms with Gasteiger partial charge in [-0.15, -0.1) is 0 Å². The van der Waals surface area contributed by atoms with Gasteiger partial charge in [0.15, 0.2) is 5.78 Å². The number of nitrogens with zero attached hydrogens (tertiary/aromatic N) is 1. The van der Waals surface area contributed by atoms with Crippen molar-refractivity contribution in [1.29, 1.82) is 0 Å². The zero-order valence-corrected chi connectivity index (χ0v) is 8.61. The molecule has 5 heteroatoms. The van der Waals surface area contributed by atoms with Crippen LogP contribution in [0.25, 0.3) is 0 Å². The summed E-state index contributed by atoms with van der Waals surface area (Å²) in [4.78, 5) is 14.7. The summed E-state index contributed by atoms with van der Waals surface area (Å²) in [6, 6.07) is 1.56. The van der Waals surface area contributed by atoms with Gasteiger partial charge in [-0.3, -0.25) is 4.79 Å². The van der Waals surface area contributed by atoms with Gasteiger partial charge in [0.1, 0.15) is 11.0 Å². The van der Waals surface area contributed by atoms with Gasteiger partial charge in [0.25, 0.3) is 0 Å². The van der Waals surface area contributed by atoms with Crippen LogP contribution in [0.3, 0.4) is 0 Å². The zero-order valence-electron chi connectivity index (χ0n) is 6.27. The van der Waals surface area contributed by atoms with Crippen LogP contribution in [0.1, 0.15) is 17.3 Å². The van der Waals surface area contributed by atoms with Crippen LogP contribution in [-0.4, -0.2) is 10.8 Å². The molecule has 1 aromatic heterocycles. The molecule has 0 saturated carbocycles. The second-order valence-corrected chi connectivity index (χ2v) is 3.46. The Kier molecular flexibility index (Phi) is 2.69. The number of pyridine rings is 1.